The van der Waals surface area contributed by atoms with Crippen LogP contribution in [-0.2, 0) is 9.53 Å². The molecule has 2 aromatic carbocycles. The van der Waals surface area contributed by atoms with Crippen LogP contribution in [0.3, 0.4) is 0 Å². The summed E-state index contributed by atoms with van der Waals surface area (Å²) in [6, 6.07) is 16.4. The topological polar surface area (TPSA) is 66.9 Å². The molecule has 0 radical (unpaired) electrons. The number of amides is 1. The highest BCUT2D eigenvalue weighted by molar-refractivity contribution is 7.12. The highest BCUT2D eigenvalue weighted by Crippen LogP contribution is 2.21. The molecule has 0 bridgehead atoms. The minimum Gasteiger partial charge on any atom is -0.452 e. The van der Waals surface area contributed by atoms with Gasteiger partial charge in [0.05, 0.1) is 16.1 Å². The summed E-state index contributed by atoms with van der Waals surface area (Å²) in [7, 11) is 0. The summed E-state index contributed by atoms with van der Waals surface area (Å²) in [5, 5.41) is 1.79. The number of benzene rings is 2. The monoisotopic (exact) mass is 452 g/mol. The average molecular weight is 453 g/mol. The molecule has 1 amide bonds. The summed E-state index contributed by atoms with van der Waals surface area (Å²) in [6.07, 6.45) is 0. The van der Waals surface area contributed by atoms with Gasteiger partial charge in [-0.3, -0.25) is 9.59 Å². The van der Waals surface area contributed by atoms with Gasteiger partial charge in [0.25, 0.3) is 5.91 Å². The summed E-state index contributed by atoms with van der Waals surface area (Å²) in [5.41, 5.74) is 0.881. The summed E-state index contributed by atoms with van der Waals surface area (Å²) in [4.78, 5) is 41.8. The third kappa shape index (κ3) is 4.70. The lowest BCUT2D eigenvalue weighted by atomic mass is 10.0. The Hall–Kier alpha value is -3.52. The first-order valence-corrected chi connectivity index (χ1v) is 11.0. The van der Waals surface area contributed by atoms with Gasteiger partial charge in [-0.05, 0) is 29.6 Å². The molecule has 1 aliphatic heterocycles. The van der Waals surface area contributed by atoms with Crippen LogP contribution in [0.25, 0.3) is 0 Å². The van der Waals surface area contributed by atoms with Crippen LogP contribution in [0.2, 0.25) is 0 Å². The predicted octanol–water partition coefficient (Wildman–Crippen LogP) is 3.62. The number of carbonyl (C=O) groups is 3. The van der Waals surface area contributed by atoms with E-state index in [1.807, 2.05) is 4.90 Å². The Morgan fingerprint density at radius 3 is 2.25 bits per heavy atom. The molecule has 0 unspecified atom stereocenters. The number of anilines is 1. The van der Waals surface area contributed by atoms with E-state index in [4.69, 9.17) is 4.74 Å². The largest absolute Gasteiger partial charge is 0.452 e. The Morgan fingerprint density at radius 2 is 1.56 bits per heavy atom. The quantitative estimate of drug-likeness (QED) is 0.422. The van der Waals surface area contributed by atoms with Crippen molar-refractivity contribution in [3.8, 4) is 0 Å². The van der Waals surface area contributed by atoms with E-state index in [0.29, 0.717) is 36.7 Å². The van der Waals surface area contributed by atoms with Gasteiger partial charge in [-0.2, -0.15) is 0 Å². The number of para-hydroxylation sites is 1. The van der Waals surface area contributed by atoms with Crippen LogP contribution in [0.5, 0.6) is 0 Å². The average Bonchev–Trinajstić information content (AvgIpc) is 3.37. The Kier molecular flexibility index (Phi) is 6.61. The van der Waals surface area contributed by atoms with Gasteiger partial charge in [0.2, 0.25) is 5.78 Å². The lowest BCUT2D eigenvalue weighted by molar-refractivity contribution is -0.134. The molecule has 6 nitrogen and oxygen atoms in total. The number of rotatable bonds is 6. The van der Waals surface area contributed by atoms with Crippen LogP contribution >= 0.6 is 11.3 Å². The molecule has 1 fully saturated rings. The van der Waals surface area contributed by atoms with Gasteiger partial charge < -0.3 is 14.5 Å². The van der Waals surface area contributed by atoms with E-state index in [0.717, 1.165) is 0 Å². The molecule has 3 aromatic rings. The molecule has 4 rings (SSSR count). The van der Waals surface area contributed by atoms with Gasteiger partial charge in [0, 0.05) is 31.7 Å². The van der Waals surface area contributed by atoms with E-state index >= 15 is 0 Å². The van der Waals surface area contributed by atoms with E-state index in [1.54, 1.807) is 58.8 Å². The van der Waals surface area contributed by atoms with Crippen molar-refractivity contribution in [2.24, 2.45) is 0 Å². The molecule has 0 spiro atoms. The molecular weight excluding hydrogens is 431 g/mol. The maximum absolute atomic E-state index is 14.0. The first-order chi connectivity index (χ1) is 15.5. The van der Waals surface area contributed by atoms with Gasteiger partial charge in [0.15, 0.2) is 6.61 Å². The molecule has 2 heterocycles. The number of hydrogen-bond donors (Lipinski definition) is 0. The van der Waals surface area contributed by atoms with E-state index in [2.05, 4.69) is 0 Å². The number of esters is 1. The third-order valence-corrected chi connectivity index (χ3v) is 6.16. The number of ketones is 1. The molecule has 0 N–H and O–H groups in total. The fourth-order valence-electron chi connectivity index (χ4n) is 3.60. The SMILES string of the molecule is O=C(OCC(=O)N1CCN(c2ccccc2F)CC1)c1ccccc1C(=O)c1cccs1. The maximum Gasteiger partial charge on any atom is 0.339 e. The second-order valence-electron chi connectivity index (χ2n) is 7.25. The van der Waals surface area contributed by atoms with Crippen LogP contribution in [0.4, 0.5) is 10.1 Å². The zero-order valence-electron chi connectivity index (χ0n) is 17.2. The first-order valence-electron chi connectivity index (χ1n) is 10.2. The van der Waals surface area contributed by atoms with Gasteiger partial charge >= 0.3 is 5.97 Å². The molecule has 1 aromatic heterocycles. The van der Waals surface area contributed by atoms with Crippen molar-refractivity contribution < 1.29 is 23.5 Å². The van der Waals surface area contributed by atoms with Crippen molar-refractivity contribution in [3.05, 3.63) is 87.9 Å². The summed E-state index contributed by atoms with van der Waals surface area (Å²) in [5.74, 6) is -1.60. The molecule has 164 valence electrons. The zero-order valence-corrected chi connectivity index (χ0v) is 18.0. The highest BCUT2D eigenvalue weighted by Gasteiger charge is 2.25. The van der Waals surface area contributed by atoms with Crippen molar-refractivity contribution in [1.82, 2.24) is 4.90 Å². The molecule has 1 aliphatic rings. The zero-order chi connectivity index (χ0) is 22.5. The molecule has 0 aliphatic carbocycles. The Bertz CT molecular complexity index is 1120. The third-order valence-electron chi connectivity index (χ3n) is 5.29. The highest BCUT2D eigenvalue weighted by atomic mass is 32.1. The van der Waals surface area contributed by atoms with Crippen LogP contribution in [0.1, 0.15) is 25.6 Å². The van der Waals surface area contributed by atoms with Gasteiger partial charge in [-0.25, -0.2) is 9.18 Å². The minimum atomic E-state index is -0.719. The van der Waals surface area contributed by atoms with Crippen LogP contribution in [-0.4, -0.2) is 55.3 Å². The first kappa shape index (κ1) is 21.7. The predicted molar refractivity (Wildman–Crippen MR) is 120 cm³/mol. The second kappa shape index (κ2) is 9.74. The lowest BCUT2D eigenvalue weighted by Crippen LogP contribution is -2.50. The summed E-state index contributed by atoms with van der Waals surface area (Å²) < 4.78 is 19.2. The Morgan fingerprint density at radius 1 is 0.875 bits per heavy atom. The number of hydrogen-bond acceptors (Lipinski definition) is 6. The fourth-order valence-corrected chi connectivity index (χ4v) is 4.28. The summed E-state index contributed by atoms with van der Waals surface area (Å²) >= 11 is 1.29. The molecule has 0 saturated carbocycles. The van der Waals surface area contributed by atoms with Crippen LogP contribution in [0, 0.1) is 5.82 Å². The molecule has 0 atom stereocenters. The van der Waals surface area contributed by atoms with Crippen molar-refractivity contribution in [2.75, 3.05) is 37.7 Å². The molecular formula is C24H21FN2O4S. The smallest absolute Gasteiger partial charge is 0.339 e. The normalized spacial score (nSPS) is 13.7. The number of halogens is 1. The maximum atomic E-state index is 14.0. The van der Waals surface area contributed by atoms with Crippen LogP contribution < -0.4 is 4.90 Å². The van der Waals surface area contributed by atoms with E-state index in [-0.39, 0.29) is 28.6 Å². The number of thiophene rings is 1. The van der Waals surface area contributed by atoms with Gasteiger partial charge in [0.1, 0.15) is 5.82 Å². The van der Waals surface area contributed by atoms with Crippen molar-refractivity contribution >= 4 is 34.7 Å². The van der Waals surface area contributed by atoms with Crippen molar-refractivity contribution in [1.29, 1.82) is 0 Å². The lowest BCUT2D eigenvalue weighted by Gasteiger charge is -2.36. The number of nitrogens with zero attached hydrogens (tertiary/aromatic N) is 2. The van der Waals surface area contributed by atoms with E-state index < -0.39 is 12.6 Å². The summed E-state index contributed by atoms with van der Waals surface area (Å²) in [6.45, 7) is 1.36. The Balaban J connectivity index is 1.34. The standard InChI is InChI=1S/C24H21FN2O4S/c25-19-8-3-4-9-20(19)26-11-13-27(14-12-26)22(28)16-31-24(30)18-7-2-1-6-17(18)23(29)21-10-5-15-32-21/h1-10,15H,11-14,16H2. The molecule has 1 saturated heterocycles. The van der Waals surface area contributed by atoms with Crippen molar-refractivity contribution in [2.45, 2.75) is 0 Å². The van der Waals surface area contributed by atoms with Crippen LogP contribution in [0.15, 0.2) is 66.0 Å². The molecule has 8 heteroatoms. The molecule has 32 heavy (non-hydrogen) atoms. The minimum absolute atomic E-state index is 0.128. The second-order valence-corrected chi connectivity index (χ2v) is 8.20. The fraction of sp³-hybridized carbons (Fsp3) is 0.208. The number of carbonyl (C=O) groups excluding carboxylic acids is 3. The number of piperazine rings is 1. The van der Waals surface area contributed by atoms with Gasteiger partial charge in [-0.1, -0.05) is 36.4 Å². The van der Waals surface area contributed by atoms with Crippen molar-refractivity contribution in [3.63, 3.8) is 0 Å². The van der Waals surface area contributed by atoms with Gasteiger partial charge in [-0.15, -0.1) is 11.3 Å². The van der Waals surface area contributed by atoms with E-state index in [9.17, 15) is 18.8 Å². The Labute approximate surface area is 188 Å². The number of ether oxygens (including phenoxy) is 1. The van der Waals surface area contributed by atoms with E-state index in [1.165, 1.54) is 23.5 Å².